The van der Waals surface area contributed by atoms with Crippen LogP contribution >= 0.6 is 24.8 Å². The lowest BCUT2D eigenvalue weighted by Gasteiger charge is -2.35. The highest BCUT2D eigenvalue weighted by Crippen LogP contribution is 2.40. The Labute approximate surface area is 188 Å². The summed E-state index contributed by atoms with van der Waals surface area (Å²) in [7, 11) is 2.07. The smallest absolute Gasteiger partial charge is 0.304 e. The van der Waals surface area contributed by atoms with Crippen molar-refractivity contribution >= 4 is 36.9 Å². The van der Waals surface area contributed by atoms with Gasteiger partial charge in [-0.2, -0.15) is 0 Å². The van der Waals surface area contributed by atoms with E-state index in [1.165, 1.54) is 37.7 Å². The van der Waals surface area contributed by atoms with E-state index in [1.807, 2.05) is 0 Å². The van der Waals surface area contributed by atoms with E-state index in [-0.39, 0.29) is 31.2 Å². The van der Waals surface area contributed by atoms with E-state index < -0.39 is 5.97 Å². The van der Waals surface area contributed by atoms with Gasteiger partial charge in [0, 0.05) is 24.7 Å². The zero-order valence-electron chi connectivity index (χ0n) is 17.5. The average Bonchev–Trinajstić information content (AvgIpc) is 3.44. The van der Waals surface area contributed by atoms with Crippen molar-refractivity contribution in [3.05, 3.63) is 41.5 Å². The third-order valence-corrected chi connectivity index (χ3v) is 6.27. The maximum atomic E-state index is 10.8. The van der Waals surface area contributed by atoms with Gasteiger partial charge in [-0.25, -0.2) is 0 Å². The molecule has 0 spiro atoms. The second-order valence-electron chi connectivity index (χ2n) is 8.23. The Kier molecular flexibility index (Phi) is 11.3. The number of benzene rings is 1. The molecule has 0 aliphatic heterocycles. The minimum absolute atomic E-state index is 0. The van der Waals surface area contributed by atoms with Gasteiger partial charge < -0.3 is 15.3 Å². The molecule has 1 aromatic carbocycles. The highest BCUT2D eigenvalue weighted by molar-refractivity contribution is 5.85. The first-order valence-corrected chi connectivity index (χ1v) is 10.5. The van der Waals surface area contributed by atoms with Gasteiger partial charge in [-0.1, -0.05) is 48.9 Å². The van der Waals surface area contributed by atoms with Gasteiger partial charge in [0.15, 0.2) is 0 Å². The molecule has 2 aliphatic carbocycles. The molecule has 6 heteroatoms. The van der Waals surface area contributed by atoms with Crippen LogP contribution in [0, 0.1) is 5.92 Å². The summed E-state index contributed by atoms with van der Waals surface area (Å²) in [6.45, 7) is 2.93. The predicted molar refractivity (Wildman–Crippen MR) is 125 cm³/mol. The van der Waals surface area contributed by atoms with Crippen LogP contribution in [-0.4, -0.2) is 47.7 Å². The quantitative estimate of drug-likeness (QED) is 0.563. The maximum absolute atomic E-state index is 10.8. The summed E-state index contributed by atoms with van der Waals surface area (Å²) >= 11 is 0. The zero-order chi connectivity index (χ0) is 19.2. The molecule has 164 valence electrons. The van der Waals surface area contributed by atoms with Gasteiger partial charge >= 0.3 is 5.97 Å². The third-order valence-electron chi connectivity index (χ3n) is 6.27. The third kappa shape index (κ3) is 7.93. The first-order valence-electron chi connectivity index (χ1n) is 10.5. The fourth-order valence-corrected chi connectivity index (χ4v) is 4.46. The molecule has 0 saturated heterocycles. The molecule has 3 rings (SSSR count). The molecule has 0 aromatic heterocycles. The normalized spacial score (nSPS) is 26.4. The number of carbonyl (C=O) groups is 1. The first-order chi connectivity index (χ1) is 13.1. The maximum Gasteiger partial charge on any atom is 0.304 e. The number of carboxylic acids is 1. The molecule has 4 nitrogen and oxygen atoms in total. The number of hydrogen-bond acceptors (Lipinski definition) is 3. The van der Waals surface area contributed by atoms with Crippen molar-refractivity contribution in [2.45, 2.75) is 70.0 Å². The lowest BCUT2D eigenvalue weighted by atomic mass is 9.90. The Morgan fingerprint density at radius 2 is 1.83 bits per heavy atom. The molecule has 29 heavy (non-hydrogen) atoms. The number of carboxylic acid groups (broad SMARTS) is 1. The molecule has 0 heterocycles. The van der Waals surface area contributed by atoms with Crippen LogP contribution in [0.2, 0.25) is 0 Å². The molecule has 0 bridgehead atoms. The lowest BCUT2D eigenvalue weighted by molar-refractivity contribution is -0.137. The van der Waals surface area contributed by atoms with Crippen molar-refractivity contribution < 1.29 is 9.90 Å². The number of hydrogen-bond donors (Lipinski definition) is 2. The highest BCUT2D eigenvalue weighted by Gasteiger charge is 2.40. The van der Waals surface area contributed by atoms with Crippen molar-refractivity contribution in [2.24, 2.45) is 5.92 Å². The van der Waals surface area contributed by atoms with Crippen molar-refractivity contribution in [3.63, 3.8) is 0 Å². The van der Waals surface area contributed by atoms with Gasteiger partial charge in [0.05, 0.1) is 6.42 Å². The van der Waals surface area contributed by atoms with E-state index in [4.69, 9.17) is 5.11 Å². The largest absolute Gasteiger partial charge is 0.481 e. The van der Waals surface area contributed by atoms with E-state index in [1.54, 1.807) is 5.57 Å². The van der Waals surface area contributed by atoms with Crippen LogP contribution in [-0.2, 0) is 4.79 Å². The van der Waals surface area contributed by atoms with Gasteiger partial charge in [0.1, 0.15) is 0 Å². The SMILES string of the molecule is CC/C(=C\c1ccccc1)[C@@H]1C[C@H]1NC1CCC(N(C)CCC(=O)O)CC1.Cl.Cl. The van der Waals surface area contributed by atoms with Crippen molar-refractivity contribution in [1.29, 1.82) is 0 Å². The highest BCUT2D eigenvalue weighted by atomic mass is 35.5. The van der Waals surface area contributed by atoms with Gasteiger partial charge in [0.2, 0.25) is 0 Å². The number of rotatable bonds is 9. The van der Waals surface area contributed by atoms with Crippen LogP contribution in [0.3, 0.4) is 0 Å². The van der Waals surface area contributed by atoms with E-state index in [2.05, 4.69) is 60.6 Å². The molecule has 0 amide bonds. The molecule has 0 radical (unpaired) electrons. The van der Waals surface area contributed by atoms with Crippen molar-refractivity contribution in [2.75, 3.05) is 13.6 Å². The molecule has 2 atom stereocenters. The number of aliphatic carboxylic acids is 1. The Balaban J connectivity index is 0.00000210. The van der Waals surface area contributed by atoms with Crippen LogP contribution in [0.4, 0.5) is 0 Å². The minimum atomic E-state index is -0.702. The lowest BCUT2D eigenvalue weighted by Crippen LogP contribution is -2.42. The topological polar surface area (TPSA) is 52.6 Å². The Hall–Kier alpha value is -1.07. The number of nitrogens with zero attached hydrogens (tertiary/aromatic N) is 1. The summed E-state index contributed by atoms with van der Waals surface area (Å²) in [6.07, 6.45) is 9.76. The molecule has 1 aromatic rings. The monoisotopic (exact) mass is 442 g/mol. The Morgan fingerprint density at radius 3 is 2.41 bits per heavy atom. The van der Waals surface area contributed by atoms with Crippen LogP contribution in [0.15, 0.2) is 35.9 Å². The van der Waals surface area contributed by atoms with E-state index >= 15 is 0 Å². The second-order valence-corrected chi connectivity index (χ2v) is 8.23. The fourth-order valence-electron chi connectivity index (χ4n) is 4.46. The molecule has 0 unspecified atom stereocenters. The van der Waals surface area contributed by atoms with Crippen LogP contribution in [0.25, 0.3) is 6.08 Å². The van der Waals surface area contributed by atoms with Crippen LogP contribution in [0.5, 0.6) is 0 Å². The number of halogens is 2. The predicted octanol–water partition coefficient (Wildman–Crippen LogP) is 5.02. The van der Waals surface area contributed by atoms with E-state index in [0.29, 0.717) is 30.6 Å². The summed E-state index contributed by atoms with van der Waals surface area (Å²) in [5, 5.41) is 12.8. The second kappa shape index (κ2) is 12.6. The summed E-state index contributed by atoms with van der Waals surface area (Å²) in [4.78, 5) is 13.0. The molecule has 2 N–H and O–H groups in total. The Bertz CT molecular complexity index is 646. The van der Waals surface area contributed by atoms with Crippen LogP contribution in [0.1, 0.15) is 57.4 Å². The summed E-state index contributed by atoms with van der Waals surface area (Å²) in [6, 6.07) is 12.5. The summed E-state index contributed by atoms with van der Waals surface area (Å²) < 4.78 is 0. The summed E-state index contributed by atoms with van der Waals surface area (Å²) in [5.74, 6) is -0.00145. The number of nitrogens with one attached hydrogen (secondary N) is 1. The average molecular weight is 443 g/mol. The molecular formula is C23H36Cl2N2O2. The van der Waals surface area contributed by atoms with Gasteiger partial charge in [-0.15, -0.1) is 24.8 Å². The van der Waals surface area contributed by atoms with Gasteiger partial charge in [-0.05, 0) is 57.1 Å². The van der Waals surface area contributed by atoms with Crippen LogP contribution < -0.4 is 5.32 Å². The standard InChI is InChI=1S/C23H34N2O2.2ClH/c1-3-18(15-17-7-5-4-6-8-17)21-16-22(21)24-19-9-11-20(12-10-19)25(2)14-13-23(26)27;;/h4-8,15,19-22,24H,3,9-14,16H2,1-2H3,(H,26,27);2*1H/b18-15+;;/t19?,20?,21-,22+;;/m0../s1. The molecule has 2 saturated carbocycles. The molecular weight excluding hydrogens is 407 g/mol. The van der Waals surface area contributed by atoms with Gasteiger partial charge in [0.25, 0.3) is 0 Å². The minimum Gasteiger partial charge on any atom is -0.481 e. The van der Waals surface area contributed by atoms with Gasteiger partial charge in [-0.3, -0.25) is 4.79 Å². The summed E-state index contributed by atoms with van der Waals surface area (Å²) in [5.41, 5.74) is 2.88. The van der Waals surface area contributed by atoms with E-state index in [0.717, 1.165) is 6.42 Å². The Morgan fingerprint density at radius 1 is 1.17 bits per heavy atom. The van der Waals surface area contributed by atoms with Crippen molar-refractivity contribution in [3.8, 4) is 0 Å². The fraction of sp³-hybridized carbons (Fsp3) is 0.609. The molecule has 2 fully saturated rings. The van der Waals surface area contributed by atoms with E-state index in [9.17, 15) is 4.79 Å². The molecule has 2 aliphatic rings. The first kappa shape index (κ1) is 26.0. The van der Waals surface area contributed by atoms with Crippen molar-refractivity contribution in [1.82, 2.24) is 10.2 Å². The zero-order valence-corrected chi connectivity index (χ0v) is 19.2.